The van der Waals surface area contributed by atoms with E-state index in [1.54, 1.807) is 12.1 Å². The van der Waals surface area contributed by atoms with Gasteiger partial charge >= 0.3 is 0 Å². The first-order valence-electron chi connectivity index (χ1n) is 10.7. The third-order valence-corrected chi connectivity index (χ3v) is 6.00. The summed E-state index contributed by atoms with van der Waals surface area (Å²) in [6.07, 6.45) is 5.78. The molecule has 1 aliphatic rings. The van der Waals surface area contributed by atoms with Gasteiger partial charge in [0.25, 0.3) is 0 Å². The molecule has 0 radical (unpaired) electrons. The second-order valence-electron chi connectivity index (χ2n) is 7.90. The average Bonchev–Trinajstić information content (AvgIpc) is 2.78. The smallest absolute Gasteiger partial charge is 0.239 e. The Hall–Kier alpha value is -2.47. The maximum atomic E-state index is 13.3. The maximum absolute atomic E-state index is 13.3. The van der Waals surface area contributed by atoms with Crippen LogP contribution < -0.4 is 10.6 Å². The van der Waals surface area contributed by atoms with Crippen molar-refractivity contribution < 1.29 is 9.18 Å². The van der Waals surface area contributed by atoms with E-state index in [1.165, 1.54) is 31.4 Å². The van der Waals surface area contributed by atoms with E-state index in [9.17, 15) is 9.18 Å². The van der Waals surface area contributed by atoms with Gasteiger partial charge in [0, 0.05) is 12.6 Å². The zero-order valence-electron chi connectivity index (χ0n) is 17.4. The van der Waals surface area contributed by atoms with E-state index in [0.29, 0.717) is 17.7 Å². The Bertz CT molecular complexity index is 822. The highest BCUT2D eigenvalue weighted by molar-refractivity contribution is 7.80. The predicted molar refractivity (Wildman–Crippen MR) is 122 cm³/mol. The summed E-state index contributed by atoms with van der Waals surface area (Å²) in [4.78, 5) is 14.6. The van der Waals surface area contributed by atoms with Crippen molar-refractivity contribution in [3.05, 3.63) is 71.5 Å². The second-order valence-corrected chi connectivity index (χ2v) is 8.29. The van der Waals surface area contributed by atoms with Crippen molar-refractivity contribution in [3.63, 3.8) is 0 Å². The Morgan fingerprint density at radius 1 is 1.10 bits per heavy atom. The fourth-order valence-electron chi connectivity index (χ4n) is 3.92. The number of halogens is 1. The zero-order chi connectivity index (χ0) is 21.3. The molecule has 3 rings (SSSR count). The van der Waals surface area contributed by atoms with Gasteiger partial charge in [-0.05, 0) is 55.2 Å². The van der Waals surface area contributed by atoms with Gasteiger partial charge in [-0.15, -0.1) is 0 Å². The molecule has 2 aromatic rings. The minimum atomic E-state index is -0.243. The number of thiocarbonyl (C=S) groups is 1. The summed E-state index contributed by atoms with van der Waals surface area (Å²) in [5.74, 6) is -0.341. The molecule has 0 unspecified atom stereocenters. The van der Waals surface area contributed by atoms with Gasteiger partial charge in [-0.1, -0.05) is 61.7 Å². The van der Waals surface area contributed by atoms with E-state index in [4.69, 9.17) is 12.2 Å². The van der Waals surface area contributed by atoms with E-state index in [2.05, 4.69) is 15.5 Å². The van der Waals surface area contributed by atoms with E-state index >= 15 is 0 Å². The first-order valence-corrected chi connectivity index (χ1v) is 11.1. The molecule has 0 spiro atoms. The van der Waals surface area contributed by atoms with Crippen LogP contribution >= 0.6 is 12.2 Å². The van der Waals surface area contributed by atoms with Gasteiger partial charge in [-0.2, -0.15) is 0 Å². The lowest BCUT2D eigenvalue weighted by atomic mass is 9.94. The van der Waals surface area contributed by atoms with Crippen LogP contribution in [0.4, 0.5) is 4.39 Å². The van der Waals surface area contributed by atoms with E-state index in [0.717, 1.165) is 24.0 Å². The van der Waals surface area contributed by atoms with Crippen LogP contribution in [0.1, 0.15) is 56.2 Å². The SMILES string of the molecule is C[C@@H](NC(=O)CNC(=S)N(Cc1ccc(F)cc1)C1CCCCC1)c1ccccc1. The Kier molecular flexibility index (Phi) is 8.20. The summed E-state index contributed by atoms with van der Waals surface area (Å²) >= 11 is 5.67. The van der Waals surface area contributed by atoms with Crippen molar-refractivity contribution in [2.24, 2.45) is 0 Å². The topological polar surface area (TPSA) is 44.4 Å². The van der Waals surface area contributed by atoms with Gasteiger partial charge < -0.3 is 15.5 Å². The van der Waals surface area contributed by atoms with Crippen molar-refractivity contribution in [2.45, 2.75) is 57.7 Å². The summed E-state index contributed by atoms with van der Waals surface area (Å²) in [6.45, 7) is 2.70. The van der Waals surface area contributed by atoms with Crippen LogP contribution in [0.2, 0.25) is 0 Å². The average molecular weight is 428 g/mol. The van der Waals surface area contributed by atoms with Crippen molar-refractivity contribution in [1.29, 1.82) is 0 Å². The van der Waals surface area contributed by atoms with Gasteiger partial charge in [0.15, 0.2) is 5.11 Å². The molecule has 0 heterocycles. The molecule has 1 atom stereocenters. The molecule has 1 amide bonds. The quantitative estimate of drug-likeness (QED) is 0.628. The number of nitrogens with zero attached hydrogens (tertiary/aromatic N) is 1. The lowest BCUT2D eigenvalue weighted by Gasteiger charge is -2.36. The van der Waals surface area contributed by atoms with Crippen LogP contribution in [0, 0.1) is 5.82 Å². The first kappa shape index (κ1) is 22.2. The number of hydrogen-bond acceptors (Lipinski definition) is 2. The number of carbonyl (C=O) groups is 1. The largest absolute Gasteiger partial charge is 0.353 e. The van der Waals surface area contributed by atoms with Gasteiger partial charge in [-0.3, -0.25) is 4.79 Å². The molecule has 0 aliphatic heterocycles. The number of carbonyl (C=O) groups excluding carboxylic acids is 1. The molecule has 1 aliphatic carbocycles. The molecular formula is C24H30FN3OS. The molecule has 160 valence electrons. The molecule has 0 aromatic heterocycles. The summed E-state index contributed by atoms with van der Waals surface area (Å²) in [5.41, 5.74) is 2.07. The van der Waals surface area contributed by atoms with Gasteiger partial charge in [0.1, 0.15) is 5.82 Å². The van der Waals surface area contributed by atoms with Crippen molar-refractivity contribution >= 4 is 23.2 Å². The van der Waals surface area contributed by atoms with Crippen LogP contribution in [-0.2, 0) is 11.3 Å². The molecular weight excluding hydrogens is 397 g/mol. The Morgan fingerprint density at radius 3 is 2.43 bits per heavy atom. The predicted octanol–water partition coefficient (Wildman–Crippen LogP) is 4.71. The molecule has 1 saturated carbocycles. The Morgan fingerprint density at radius 2 is 1.77 bits per heavy atom. The van der Waals surface area contributed by atoms with Crippen LogP contribution in [0.3, 0.4) is 0 Å². The summed E-state index contributed by atoms with van der Waals surface area (Å²) in [6, 6.07) is 16.7. The molecule has 2 N–H and O–H groups in total. The third kappa shape index (κ3) is 6.52. The normalized spacial score (nSPS) is 15.3. The Balaban J connectivity index is 1.58. The highest BCUT2D eigenvalue weighted by Crippen LogP contribution is 2.24. The van der Waals surface area contributed by atoms with Gasteiger partial charge in [0.05, 0.1) is 12.6 Å². The standard InChI is InChI=1S/C24H30FN3OS/c1-18(20-8-4-2-5-9-20)27-23(29)16-26-24(30)28(22-10-6-3-7-11-22)17-19-12-14-21(25)15-13-19/h2,4-5,8-9,12-15,18,22H,3,6-7,10-11,16-17H2,1H3,(H,26,30)(H,27,29)/t18-/m1/s1. The number of benzene rings is 2. The molecule has 4 nitrogen and oxygen atoms in total. The van der Waals surface area contributed by atoms with Crippen molar-refractivity contribution in [2.75, 3.05) is 6.54 Å². The van der Waals surface area contributed by atoms with Crippen LogP contribution in [0.15, 0.2) is 54.6 Å². The minimum absolute atomic E-state index is 0.0669. The van der Waals surface area contributed by atoms with E-state index in [-0.39, 0.29) is 24.3 Å². The lowest BCUT2D eigenvalue weighted by Crippen LogP contribution is -2.48. The summed E-state index contributed by atoms with van der Waals surface area (Å²) < 4.78 is 13.3. The van der Waals surface area contributed by atoms with Gasteiger partial charge in [0.2, 0.25) is 5.91 Å². The number of nitrogens with one attached hydrogen (secondary N) is 2. The van der Waals surface area contributed by atoms with Crippen LogP contribution in [0.25, 0.3) is 0 Å². The first-order chi connectivity index (χ1) is 14.5. The number of hydrogen-bond donors (Lipinski definition) is 2. The highest BCUT2D eigenvalue weighted by Gasteiger charge is 2.24. The number of rotatable bonds is 7. The molecule has 30 heavy (non-hydrogen) atoms. The maximum Gasteiger partial charge on any atom is 0.239 e. The van der Waals surface area contributed by atoms with E-state index in [1.807, 2.05) is 37.3 Å². The van der Waals surface area contributed by atoms with Gasteiger partial charge in [-0.25, -0.2) is 4.39 Å². The van der Waals surface area contributed by atoms with Crippen LogP contribution in [-0.4, -0.2) is 28.5 Å². The van der Waals surface area contributed by atoms with Crippen molar-refractivity contribution in [1.82, 2.24) is 15.5 Å². The summed E-state index contributed by atoms with van der Waals surface area (Å²) in [7, 11) is 0. The molecule has 2 aromatic carbocycles. The third-order valence-electron chi connectivity index (χ3n) is 5.62. The van der Waals surface area contributed by atoms with Crippen molar-refractivity contribution in [3.8, 4) is 0 Å². The fourth-order valence-corrected chi connectivity index (χ4v) is 4.21. The second kappa shape index (κ2) is 11.1. The zero-order valence-corrected chi connectivity index (χ0v) is 18.3. The molecule has 6 heteroatoms. The highest BCUT2D eigenvalue weighted by atomic mass is 32.1. The fraction of sp³-hybridized carbons (Fsp3) is 0.417. The minimum Gasteiger partial charge on any atom is -0.353 e. The molecule has 0 saturated heterocycles. The monoisotopic (exact) mass is 427 g/mol. The van der Waals surface area contributed by atoms with Crippen LogP contribution in [0.5, 0.6) is 0 Å². The lowest BCUT2D eigenvalue weighted by molar-refractivity contribution is -0.120. The molecule has 0 bridgehead atoms. The Labute approximate surface area is 183 Å². The number of amides is 1. The molecule has 1 fully saturated rings. The summed E-state index contributed by atoms with van der Waals surface area (Å²) in [5, 5.41) is 6.72. The van der Waals surface area contributed by atoms with E-state index < -0.39 is 0 Å².